The van der Waals surface area contributed by atoms with Crippen molar-refractivity contribution in [3.63, 3.8) is 0 Å². The molecule has 2 aliphatic rings. The fourth-order valence-electron chi connectivity index (χ4n) is 4.24. The Bertz CT molecular complexity index is 779. The Morgan fingerprint density at radius 3 is 2.61 bits per heavy atom. The van der Waals surface area contributed by atoms with Crippen molar-refractivity contribution in [1.29, 1.82) is 0 Å². The van der Waals surface area contributed by atoms with E-state index < -0.39 is 0 Å². The lowest BCUT2D eigenvalue weighted by molar-refractivity contribution is -0.105. The van der Waals surface area contributed by atoms with Crippen LogP contribution in [-0.4, -0.2) is 13.0 Å². The maximum atomic E-state index is 13.6. The maximum Gasteiger partial charge on any atom is 0.211 e. The molecule has 0 radical (unpaired) electrons. The molecule has 118 valence electrons. The van der Waals surface area contributed by atoms with Crippen LogP contribution in [0.25, 0.3) is 0 Å². The number of fused-ring (bicyclic) bond motifs is 5. The van der Waals surface area contributed by atoms with E-state index in [0.29, 0.717) is 12.3 Å². The molecule has 1 aliphatic heterocycles. The molecule has 0 aromatic heterocycles. The van der Waals surface area contributed by atoms with Gasteiger partial charge in [-0.1, -0.05) is 6.07 Å². The van der Waals surface area contributed by atoms with E-state index in [0.717, 1.165) is 41.0 Å². The lowest BCUT2D eigenvalue weighted by Crippen LogP contribution is -2.27. The van der Waals surface area contributed by atoms with Crippen molar-refractivity contribution in [3.8, 4) is 0 Å². The third-order valence-corrected chi connectivity index (χ3v) is 5.20. The SMILES string of the molecule is Cc1cc(N2CC3CC2c2cc(F)ccc23)cc(C)c1NC=O. The maximum absolute atomic E-state index is 13.6. The Kier molecular flexibility index (Phi) is 3.15. The van der Waals surface area contributed by atoms with Crippen LogP contribution >= 0.6 is 0 Å². The van der Waals surface area contributed by atoms with Gasteiger partial charge >= 0.3 is 0 Å². The van der Waals surface area contributed by atoms with E-state index in [-0.39, 0.29) is 11.9 Å². The van der Waals surface area contributed by atoms with Gasteiger partial charge in [-0.2, -0.15) is 0 Å². The second-order valence-corrected chi connectivity index (χ2v) is 6.59. The summed E-state index contributed by atoms with van der Waals surface area (Å²) in [6.07, 6.45) is 1.77. The Morgan fingerprint density at radius 2 is 1.91 bits per heavy atom. The van der Waals surface area contributed by atoms with Crippen molar-refractivity contribution in [1.82, 2.24) is 0 Å². The van der Waals surface area contributed by atoms with Crippen LogP contribution < -0.4 is 10.2 Å². The molecule has 1 saturated heterocycles. The average Bonchev–Trinajstić information content (AvgIpc) is 3.09. The van der Waals surface area contributed by atoms with Crippen molar-refractivity contribution in [2.24, 2.45) is 0 Å². The van der Waals surface area contributed by atoms with Gasteiger partial charge < -0.3 is 10.2 Å². The van der Waals surface area contributed by atoms with Gasteiger partial charge in [-0.25, -0.2) is 4.39 Å². The first-order valence-corrected chi connectivity index (χ1v) is 7.96. The number of carbonyl (C=O) groups excluding carboxylic acids is 1. The summed E-state index contributed by atoms with van der Waals surface area (Å²) in [4.78, 5) is 13.1. The average molecular weight is 310 g/mol. The third kappa shape index (κ3) is 2.12. The Labute approximate surface area is 135 Å². The fraction of sp³-hybridized carbons (Fsp3) is 0.316. The van der Waals surface area contributed by atoms with Crippen LogP contribution in [0.2, 0.25) is 0 Å². The summed E-state index contributed by atoms with van der Waals surface area (Å²) < 4.78 is 13.6. The number of amides is 1. The van der Waals surface area contributed by atoms with Gasteiger partial charge in [-0.3, -0.25) is 4.79 Å². The number of nitrogens with one attached hydrogen (secondary N) is 1. The number of hydrogen-bond acceptors (Lipinski definition) is 2. The standard InChI is InChI=1S/C19H19FN2O/c1-11-5-15(6-12(2)19(11)21-10-23)22-9-13-7-18(22)17-8-14(20)3-4-16(13)17/h3-6,8,10,13,18H,7,9H2,1-2H3,(H,21,23). The molecule has 2 aromatic carbocycles. The zero-order valence-corrected chi connectivity index (χ0v) is 13.3. The first-order valence-electron chi connectivity index (χ1n) is 7.96. The van der Waals surface area contributed by atoms with Crippen LogP contribution in [0, 0.1) is 19.7 Å². The van der Waals surface area contributed by atoms with E-state index in [9.17, 15) is 9.18 Å². The molecule has 1 N–H and O–H groups in total. The van der Waals surface area contributed by atoms with Gasteiger partial charge in [0.2, 0.25) is 6.41 Å². The van der Waals surface area contributed by atoms with E-state index in [4.69, 9.17) is 0 Å². The van der Waals surface area contributed by atoms with Gasteiger partial charge in [0.05, 0.1) is 6.04 Å². The number of anilines is 2. The second-order valence-electron chi connectivity index (χ2n) is 6.59. The smallest absolute Gasteiger partial charge is 0.211 e. The van der Waals surface area contributed by atoms with Gasteiger partial charge in [-0.05, 0) is 66.8 Å². The lowest BCUT2D eigenvalue weighted by Gasteiger charge is -2.32. The molecule has 2 bridgehead atoms. The van der Waals surface area contributed by atoms with Crippen LogP contribution in [-0.2, 0) is 4.79 Å². The van der Waals surface area contributed by atoms with Gasteiger partial charge in [0.25, 0.3) is 0 Å². The van der Waals surface area contributed by atoms with Gasteiger partial charge in [-0.15, -0.1) is 0 Å². The molecule has 23 heavy (non-hydrogen) atoms. The normalized spacial score (nSPS) is 21.4. The molecule has 1 heterocycles. The number of rotatable bonds is 3. The van der Waals surface area contributed by atoms with E-state index in [2.05, 4.69) is 22.3 Å². The zero-order chi connectivity index (χ0) is 16.1. The van der Waals surface area contributed by atoms with Crippen LogP contribution in [0.3, 0.4) is 0 Å². The Balaban J connectivity index is 1.72. The molecule has 4 heteroatoms. The highest BCUT2D eigenvalue weighted by atomic mass is 19.1. The monoisotopic (exact) mass is 310 g/mol. The summed E-state index contributed by atoms with van der Waals surface area (Å²) in [5, 5.41) is 2.77. The molecule has 2 aromatic rings. The van der Waals surface area contributed by atoms with Gasteiger partial charge in [0, 0.05) is 23.8 Å². The molecule has 0 spiro atoms. The van der Waals surface area contributed by atoms with Crippen molar-refractivity contribution in [2.75, 3.05) is 16.8 Å². The summed E-state index contributed by atoms with van der Waals surface area (Å²) in [5.41, 5.74) is 6.56. The van der Waals surface area contributed by atoms with Crippen LogP contribution in [0.5, 0.6) is 0 Å². The molecular weight excluding hydrogens is 291 g/mol. The third-order valence-electron chi connectivity index (χ3n) is 5.20. The van der Waals surface area contributed by atoms with E-state index in [1.54, 1.807) is 12.1 Å². The van der Waals surface area contributed by atoms with Crippen LogP contribution in [0.4, 0.5) is 15.8 Å². The minimum atomic E-state index is -0.158. The molecule has 3 nitrogen and oxygen atoms in total. The molecule has 1 fully saturated rings. The van der Waals surface area contributed by atoms with Gasteiger partial charge in [0.1, 0.15) is 5.82 Å². The minimum absolute atomic E-state index is 0.158. The van der Waals surface area contributed by atoms with Crippen molar-refractivity contribution in [2.45, 2.75) is 32.2 Å². The predicted molar refractivity (Wildman–Crippen MR) is 89.4 cm³/mol. The summed E-state index contributed by atoms with van der Waals surface area (Å²) >= 11 is 0. The predicted octanol–water partition coefficient (Wildman–Crippen LogP) is 4.06. The highest BCUT2D eigenvalue weighted by molar-refractivity contribution is 5.78. The van der Waals surface area contributed by atoms with Crippen molar-refractivity contribution < 1.29 is 9.18 Å². The van der Waals surface area contributed by atoms with E-state index in [1.807, 2.05) is 19.9 Å². The van der Waals surface area contributed by atoms with Gasteiger partial charge in [0.15, 0.2) is 0 Å². The molecule has 2 unspecified atom stereocenters. The molecular formula is C19H19FN2O. The van der Waals surface area contributed by atoms with Crippen molar-refractivity contribution in [3.05, 3.63) is 58.4 Å². The van der Waals surface area contributed by atoms with E-state index in [1.165, 1.54) is 5.56 Å². The Morgan fingerprint density at radius 1 is 1.17 bits per heavy atom. The number of hydrogen-bond donors (Lipinski definition) is 1. The first-order chi connectivity index (χ1) is 11.1. The molecule has 2 atom stereocenters. The highest BCUT2D eigenvalue weighted by Crippen LogP contribution is 2.52. The summed E-state index contributed by atoms with van der Waals surface area (Å²) in [5.74, 6) is 0.332. The zero-order valence-electron chi connectivity index (χ0n) is 13.3. The molecule has 0 saturated carbocycles. The first kappa shape index (κ1) is 14.2. The number of nitrogens with zero attached hydrogens (tertiary/aromatic N) is 1. The van der Waals surface area contributed by atoms with Crippen LogP contribution in [0.15, 0.2) is 30.3 Å². The summed E-state index contributed by atoms with van der Waals surface area (Å²) in [7, 11) is 0. The van der Waals surface area contributed by atoms with Crippen LogP contribution in [0.1, 0.15) is 40.6 Å². The molecule has 1 aliphatic carbocycles. The molecule has 4 rings (SSSR count). The molecule has 1 amide bonds. The Hall–Kier alpha value is -2.36. The van der Waals surface area contributed by atoms with E-state index >= 15 is 0 Å². The number of benzene rings is 2. The summed E-state index contributed by atoms with van der Waals surface area (Å²) in [6, 6.07) is 9.68. The second kappa shape index (κ2) is 5.08. The quantitative estimate of drug-likeness (QED) is 0.867. The topological polar surface area (TPSA) is 32.3 Å². The highest BCUT2D eigenvalue weighted by Gasteiger charge is 2.42. The summed E-state index contributed by atoms with van der Waals surface area (Å²) in [6.45, 7) is 4.98. The van der Waals surface area contributed by atoms with Crippen molar-refractivity contribution >= 4 is 17.8 Å². The fourth-order valence-corrected chi connectivity index (χ4v) is 4.24. The number of aryl methyl sites for hydroxylation is 2. The minimum Gasteiger partial charge on any atom is -0.364 e. The number of carbonyl (C=O) groups is 1. The number of halogens is 1. The largest absolute Gasteiger partial charge is 0.364 e. The lowest BCUT2D eigenvalue weighted by atomic mass is 9.98.